The van der Waals surface area contributed by atoms with Gasteiger partial charge in [-0.25, -0.2) is 8.42 Å². The van der Waals surface area contributed by atoms with Gasteiger partial charge in [0.25, 0.3) is 0 Å². The number of carbonyl (C=O) groups is 2. The minimum absolute atomic E-state index is 0.0735. The van der Waals surface area contributed by atoms with Crippen LogP contribution in [0.3, 0.4) is 0 Å². The quantitative estimate of drug-likeness (QED) is 0.468. The predicted molar refractivity (Wildman–Crippen MR) is 133 cm³/mol. The molecule has 9 heteroatoms. The second-order valence-electron chi connectivity index (χ2n) is 9.72. The Morgan fingerprint density at radius 3 is 2.63 bits per heavy atom. The number of rotatable bonds is 7. The van der Waals surface area contributed by atoms with Gasteiger partial charge in [0, 0.05) is 43.2 Å². The Bertz CT molecular complexity index is 1380. The fourth-order valence-electron chi connectivity index (χ4n) is 5.40. The van der Waals surface area contributed by atoms with E-state index < -0.39 is 21.5 Å². The number of hydrogen-bond donors (Lipinski definition) is 3. The molecule has 2 aliphatic rings. The van der Waals surface area contributed by atoms with Crippen LogP contribution in [0, 0.1) is 18.3 Å². The lowest BCUT2D eigenvalue weighted by atomic mass is 9.99. The maximum atomic E-state index is 13.3. The van der Waals surface area contributed by atoms with Gasteiger partial charge in [0.15, 0.2) is 0 Å². The van der Waals surface area contributed by atoms with Crippen LogP contribution in [0.2, 0.25) is 0 Å². The highest BCUT2D eigenvalue weighted by Gasteiger charge is 2.65. The number of aromatic amines is 1. The highest BCUT2D eigenvalue weighted by molar-refractivity contribution is 7.89. The second kappa shape index (κ2) is 8.80. The van der Waals surface area contributed by atoms with E-state index in [1.54, 1.807) is 18.2 Å². The molecule has 1 saturated carbocycles. The molecule has 0 radical (unpaired) electrons. The fraction of sp³-hybridized carbons (Fsp3) is 0.385. The van der Waals surface area contributed by atoms with Crippen molar-refractivity contribution in [3.05, 3.63) is 65.9 Å². The van der Waals surface area contributed by atoms with E-state index in [1.807, 2.05) is 6.20 Å². The van der Waals surface area contributed by atoms with Crippen molar-refractivity contribution in [3.8, 4) is 0 Å². The summed E-state index contributed by atoms with van der Waals surface area (Å²) in [6.45, 7) is 2.72. The van der Waals surface area contributed by atoms with Crippen LogP contribution >= 0.6 is 0 Å². The monoisotopic (exact) mass is 494 g/mol. The molecule has 3 aromatic rings. The zero-order chi connectivity index (χ0) is 24.8. The van der Waals surface area contributed by atoms with Crippen molar-refractivity contribution in [2.24, 2.45) is 11.3 Å². The van der Waals surface area contributed by atoms with Gasteiger partial charge >= 0.3 is 0 Å². The molecule has 0 bridgehead atoms. The van der Waals surface area contributed by atoms with Crippen molar-refractivity contribution in [3.63, 3.8) is 0 Å². The fourth-order valence-corrected chi connectivity index (χ4v) is 7.11. The van der Waals surface area contributed by atoms with Crippen LogP contribution in [0.1, 0.15) is 24.0 Å². The Morgan fingerprint density at radius 2 is 1.89 bits per heavy atom. The number of carbonyl (C=O) groups excluding carboxylic acids is 2. The third kappa shape index (κ3) is 4.23. The molecule has 8 nitrogen and oxygen atoms in total. The number of aryl methyl sites for hydroxylation is 1. The Morgan fingerprint density at radius 1 is 1.11 bits per heavy atom. The highest BCUT2D eigenvalue weighted by Crippen LogP contribution is 2.61. The second-order valence-corrected chi connectivity index (χ2v) is 11.6. The van der Waals surface area contributed by atoms with Crippen LogP contribution in [-0.2, 0) is 26.0 Å². The summed E-state index contributed by atoms with van der Waals surface area (Å²) in [7, 11) is -2.35. The van der Waals surface area contributed by atoms with E-state index in [0.29, 0.717) is 25.8 Å². The number of sulfonamides is 1. The number of benzene rings is 2. The lowest BCUT2D eigenvalue weighted by Gasteiger charge is -2.22. The van der Waals surface area contributed by atoms with Gasteiger partial charge in [-0.15, -0.1) is 0 Å². The van der Waals surface area contributed by atoms with E-state index in [2.05, 4.69) is 40.7 Å². The topological polar surface area (TPSA) is 111 Å². The predicted octanol–water partition coefficient (Wildman–Crippen LogP) is 2.35. The smallest absolute Gasteiger partial charge is 0.243 e. The van der Waals surface area contributed by atoms with Gasteiger partial charge in [0.05, 0.1) is 4.90 Å². The number of hydrogen-bond acceptors (Lipinski definition) is 4. The van der Waals surface area contributed by atoms with Crippen molar-refractivity contribution < 1.29 is 18.0 Å². The van der Waals surface area contributed by atoms with Crippen molar-refractivity contribution in [1.82, 2.24) is 19.9 Å². The molecule has 35 heavy (non-hydrogen) atoms. The zero-order valence-electron chi connectivity index (χ0n) is 19.9. The van der Waals surface area contributed by atoms with E-state index in [4.69, 9.17) is 0 Å². The summed E-state index contributed by atoms with van der Waals surface area (Å²) in [6, 6.07) is 13.6. The summed E-state index contributed by atoms with van der Waals surface area (Å²) in [5, 5.41) is 6.79. The number of aromatic nitrogens is 1. The average molecular weight is 495 g/mol. The summed E-state index contributed by atoms with van der Waals surface area (Å²) in [4.78, 5) is 29.0. The molecule has 1 saturated heterocycles. The number of nitrogens with zero attached hydrogens (tertiary/aromatic N) is 1. The molecular weight excluding hydrogens is 464 g/mol. The van der Waals surface area contributed by atoms with Crippen LogP contribution in [0.15, 0.2) is 59.6 Å². The first-order chi connectivity index (χ1) is 16.7. The molecule has 184 valence electrons. The zero-order valence-corrected chi connectivity index (χ0v) is 20.7. The summed E-state index contributed by atoms with van der Waals surface area (Å²) >= 11 is 0. The first-order valence-electron chi connectivity index (χ1n) is 11.9. The van der Waals surface area contributed by atoms with Crippen LogP contribution in [0.4, 0.5) is 0 Å². The molecule has 3 atom stereocenters. The normalized spacial score (nSPS) is 24.1. The Balaban J connectivity index is 1.26. The van der Waals surface area contributed by atoms with Crippen molar-refractivity contribution in [2.75, 3.05) is 20.1 Å². The van der Waals surface area contributed by atoms with Gasteiger partial charge in [0.2, 0.25) is 21.8 Å². The summed E-state index contributed by atoms with van der Waals surface area (Å²) in [5.41, 5.74) is 2.91. The largest absolute Gasteiger partial charge is 0.361 e. The molecule has 1 spiro atoms. The molecule has 1 aromatic heterocycles. The van der Waals surface area contributed by atoms with Gasteiger partial charge in [-0.3, -0.25) is 9.59 Å². The van der Waals surface area contributed by atoms with Crippen LogP contribution in [0.5, 0.6) is 0 Å². The first kappa shape index (κ1) is 23.6. The summed E-state index contributed by atoms with van der Waals surface area (Å²) in [6.07, 6.45) is 3.61. The van der Waals surface area contributed by atoms with Gasteiger partial charge in [-0.05, 0) is 61.4 Å². The van der Waals surface area contributed by atoms with E-state index in [9.17, 15) is 18.0 Å². The minimum Gasteiger partial charge on any atom is -0.361 e. The van der Waals surface area contributed by atoms with Crippen molar-refractivity contribution >= 4 is 32.7 Å². The molecule has 2 amide bonds. The highest BCUT2D eigenvalue weighted by atomic mass is 32.2. The van der Waals surface area contributed by atoms with E-state index in [1.165, 1.54) is 29.0 Å². The third-order valence-electron chi connectivity index (χ3n) is 7.44. The molecular formula is C26H30N4O4S. The van der Waals surface area contributed by atoms with Gasteiger partial charge < -0.3 is 15.6 Å². The SMILES string of the molecule is CNC(=O)[C@@H]1C[C@@]2(C[C@@H]2C(=O)NCCc2c[nH]c3ccc(C)cc23)CN1S(=O)(=O)c1ccccc1. The van der Waals surface area contributed by atoms with E-state index in [0.717, 1.165) is 16.5 Å². The molecule has 2 heterocycles. The van der Waals surface area contributed by atoms with E-state index in [-0.39, 0.29) is 29.2 Å². The molecule has 1 aliphatic carbocycles. The standard InChI is InChI=1S/C26H30N4O4S/c1-17-8-9-22-20(12-17)18(15-29-22)10-11-28-24(31)21-13-26(21)14-23(25(32)27-2)30(16-26)35(33,34)19-6-4-3-5-7-19/h3-9,12,15,21,23,29H,10-11,13-14,16H2,1-2H3,(H,27,32)(H,28,31)/t21-,23+,26+/m1/s1. The lowest BCUT2D eigenvalue weighted by molar-refractivity contribution is -0.124. The molecule has 2 aromatic carbocycles. The minimum atomic E-state index is -3.86. The molecule has 0 unspecified atom stereocenters. The number of likely N-dealkylation sites (N-methyl/N-ethyl adjacent to an activating group) is 1. The van der Waals surface area contributed by atoms with Gasteiger partial charge in [0.1, 0.15) is 6.04 Å². The van der Waals surface area contributed by atoms with Gasteiger partial charge in [-0.1, -0.05) is 29.8 Å². The molecule has 3 N–H and O–H groups in total. The molecule has 2 fully saturated rings. The molecule has 1 aliphatic heterocycles. The summed E-state index contributed by atoms with van der Waals surface area (Å²) < 4.78 is 27.9. The average Bonchev–Trinajstić information content (AvgIpc) is 3.19. The number of H-pyrrole nitrogens is 1. The van der Waals surface area contributed by atoms with Crippen molar-refractivity contribution in [2.45, 2.75) is 37.1 Å². The maximum Gasteiger partial charge on any atom is 0.243 e. The van der Waals surface area contributed by atoms with Crippen LogP contribution in [0.25, 0.3) is 10.9 Å². The van der Waals surface area contributed by atoms with Crippen LogP contribution in [-0.4, -0.2) is 55.7 Å². The number of fused-ring (bicyclic) bond motifs is 1. The Hall–Kier alpha value is -3.17. The van der Waals surface area contributed by atoms with Gasteiger partial charge in [-0.2, -0.15) is 4.31 Å². The Kier molecular flexibility index (Phi) is 5.93. The summed E-state index contributed by atoms with van der Waals surface area (Å²) in [5.74, 6) is -0.714. The lowest BCUT2D eigenvalue weighted by Crippen LogP contribution is -2.44. The number of nitrogens with one attached hydrogen (secondary N) is 3. The Labute approximate surface area is 205 Å². The molecule has 5 rings (SSSR count). The maximum absolute atomic E-state index is 13.3. The first-order valence-corrected chi connectivity index (χ1v) is 13.3. The number of amides is 2. The van der Waals surface area contributed by atoms with Crippen molar-refractivity contribution in [1.29, 1.82) is 0 Å². The van der Waals surface area contributed by atoms with Crippen LogP contribution < -0.4 is 10.6 Å². The third-order valence-corrected chi connectivity index (χ3v) is 9.31. The van der Waals surface area contributed by atoms with E-state index >= 15 is 0 Å².